The van der Waals surface area contributed by atoms with Crippen molar-refractivity contribution in [2.24, 2.45) is 0 Å². The van der Waals surface area contributed by atoms with Crippen LogP contribution in [-0.2, 0) is 0 Å². The van der Waals surface area contributed by atoms with Crippen molar-refractivity contribution in [3.63, 3.8) is 0 Å². The molecule has 0 radical (unpaired) electrons. The second-order valence-corrected chi connectivity index (χ2v) is 5.08. The number of nitro benzene ring substituents is 1. The van der Waals surface area contributed by atoms with Crippen molar-refractivity contribution in [3.05, 3.63) is 63.1 Å². The van der Waals surface area contributed by atoms with E-state index < -0.39 is 4.92 Å². The lowest BCUT2D eigenvalue weighted by atomic mass is 10.1. The van der Waals surface area contributed by atoms with Crippen LogP contribution in [0.4, 0.5) is 5.69 Å². The molecule has 0 spiro atoms. The number of thiophene rings is 1. The standard InChI is InChI=1S/C13H8N2O3S/c16-13-10-7-12(19-11(10)5-6-14-13)8-1-3-9(4-2-8)15(17)18/h1-7H,(H,14,16). The maximum absolute atomic E-state index is 11.6. The molecule has 5 nitrogen and oxygen atoms in total. The first-order valence-electron chi connectivity index (χ1n) is 5.51. The highest BCUT2D eigenvalue weighted by atomic mass is 32.1. The molecule has 3 rings (SSSR count). The zero-order chi connectivity index (χ0) is 13.4. The van der Waals surface area contributed by atoms with E-state index in [1.165, 1.54) is 23.5 Å². The van der Waals surface area contributed by atoms with Crippen molar-refractivity contribution in [1.82, 2.24) is 4.98 Å². The van der Waals surface area contributed by atoms with Gasteiger partial charge in [0.15, 0.2) is 0 Å². The summed E-state index contributed by atoms with van der Waals surface area (Å²) in [5.74, 6) is 0. The minimum Gasteiger partial charge on any atom is -0.329 e. The van der Waals surface area contributed by atoms with E-state index in [2.05, 4.69) is 4.98 Å². The molecule has 0 saturated carbocycles. The lowest BCUT2D eigenvalue weighted by Crippen LogP contribution is -2.01. The van der Waals surface area contributed by atoms with Gasteiger partial charge in [-0.3, -0.25) is 14.9 Å². The first-order valence-corrected chi connectivity index (χ1v) is 6.33. The number of pyridine rings is 1. The van der Waals surface area contributed by atoms with Crippen molar-refractivity contribution < 1.29 is 4.92 Å². The number of aromatic amines is 1. The summed E-state index contributed by atoms with van der Waals surface area (Å²) in [4.78, 5) is 25.3. The van der Waals surface area contributed by atoms with Gasteiger partial charge in [-0.25, -0.2) is 0 Å². The van der Waals surface area contributed by atoms with Gasteiger partial charge < -0.3 is 4.98 Å². The SMILES string of the molecule is O=c1[nH]ccc2sc(-c3ccc([N+](=O)[O-])cc3)cc12. The molecule has 2 aromatic heterocycles. The number of nitrogens with zero attached hydrogens (tertiary/aromatic N) is 1. The van der Waals surface area contributed by atoms with E-state index in [0.717, 1.165) is 15.1 Å². The second-order valence-electron chi connectivity index (χ2n) is 4.00. The fourth-order valence-electron chi connectivity index (χ4n) is 1.87. The van der Waals surface area contributed by atoms with Gasteiger partial charge in [0.1, 0.15) is 0 Å². The molecular formula is C13H8N2O3S. The van der Waals surface area contributed by atoms with Crippen LogP contribution in [0.2, 0.25) is 0 Å². The molecule has 0 saturated heterocycles. The number of benzene rings is 1. The third-order valence-corrected chi connectivity index (χ3v) is 3.97. The maximum Gasteiger partial charge on any atom is 0.269 e. The third-order valence-electron chi connectivity index (χ3n) is 2.82. The summed E-state index contributed by atoms with van der Waals surface area (Å²) in [6.45, 7) is 0. The molecule has 2 heterocycles. The van der Waals surface area contributed by atoms with Crippen molar-refractivity contribution in [2.45, 2.75) is 0 Å². The predicted octanol–water partition coefficient (Wildman–Crippen LogP) is 3.16. The largest absolute Gasteiger partial charge is 0.329 e. The summed E-state index contributed by atoms with van der Waals surface area (Å²) in [5, 5.41) is 11.2. The van der Waals surface area contributed by atoms with Crippen molar-refractivity contribution >= 4 is 27.1 Å². The van der Waals surface area contributed by atoms with E-state index in [0.29, 0.717) is 5.39 Å². The molecule has 0 unspecified atom stereocenters. The van der Waals surface area contributed by atoms with E-state index in [9.17, 15) is 14.9 Å². The summed E-state index contributed by atoms with van der Waals surface area (Å²) >= 11 is 1.49. The number of H-pyrrole nitrogens is 1. The Morgan fingerprint density at radius 1 is 1.16 bits per heavy atom. The summed E-state index contributed by atoms with van der Waals surface area (Å²) in [6.07, 6.45) is 1.61. The molecule has 94 valence electrons. The van der Waals surface area contributed by atoms with E-state index in [4.69, 9.17) is 0 Å². The van der Waals surface area contributed by atoms with E-state index in [-0.39, 0.29) is 11.2 Å². The Kier molecular flexibility index (Phi) is 2.64. The Labute approximate surface area is 111 Å². The summed E-state index contributed by atoms with van der Waals surface area (Å²) < 4.78 is 0.900. The lowest BCUT2D eigenvalue weighted by molar-refractivity contribution is -0.384. The molecule has 0 bridgehead atoms. The van der Waals surface area contributed by atoms with Crippen molar-refractivity contribution in [3.8, 4) is 10.4 Å². The van der Waals surface area contributed by atoms with Crippen molar-refractivity contribution in [2.75, 3.05) is 0 Å². The second kappa shape index (κ2) is 4.33. The maximum atomic E-state index is 11.6. The van der Waals surface area contributed by atoms with Crippen LogP contribution in [0, 0.1) is 10.1 Å². The molecule has 1 aromatic carbocycles. The highest BCUT2D eigenvalue weighted by molar-refractivity contribution is 7.22. The van der Waals surface area contributed by atoms with Crippen LogP contribution in [0.25, 0.3) is 20.5 Å². The van der Waals surface area contributed by atoms with Gasteiger partial charge in [-0.1, -0.05) is 0 Å². The highest BCUT2D eigenvalue weighted by Crippen LogP contribution is 2.32. The van der Waals surface area contributed by atoms with Gasteiger partial charge in [-0.15, -0.1) is 11.3 Å². The fraction of sp³-hybridized carbons (Fsp3) is 0. The topological polar surface area (TPSA) is 76.0 Å². The number of fused-ring (bicyclic) bond motifs is 1. The smallest absolute Gasteiger partial charge is 0.269 e. The summed E-state index contributed by atoms with van der Waals surface area (Å²) in [6, 6.07) is 9.96. The number of hydrogen-bond acceptors (Lipinski definition) is 4. The van der Waals surface area contributed by atoms with Crippen LogP contribution in [0.1, 0.15) is 0 Å². The molecule has 0 amide bonds. The number of hydrogen-bond donors (Lipinski definition) is 1. The molecule has 19 heavy (non-hydrogen) atoms. The minimum absolute atomic E-state index is 0.0581. The first-order chi connectivity index (χ1) is 9.15. The number of rotatable bonds is 2. The molecule has 1 N–H and O–H groups in total. The van der Waals surface area contributed by atoms with Gasteiger partial charge in [0.2, 0.25) is 0 Å². The van der Waals surface area contributed by atoms with Crippen molar-refractivity contribution in [1.29, 1.82) is 0 Å². The Morgan fingerprint density at radius 3 is 2.53 bits per heavy atom. The molecule has 0 aliphatic rings. The Morgan fingerprint density at radius 2 is 1.89 bits per heavy atom. The van der Waals surface area contributed by atoms with Crippen LogP contribution < -0.4 is 5.56 Å². The van der Waals surface area contributed by atoms with Gasteiger partial charge in [0.05, 0.1) is 10.3 Å². The fourth-order valence-corrected chi connectivity index (χ4v) is 2.93. The van der Waals surface area contributed by atoms with E-state index >= 15 is 0 Å². The number of nitro groups is 1. The van der Waals surface area contributed by atoms with Gasteiger partial charge >= 0.3 is 0 Å². The zero-order valence-corrected chi connectivity index (χ0v) is 10.4. The normalized spacial score (nSPS) is 10.7. The Hall–Kier alpha value is -2.47. The lowest BCUT2D eigenvalue weighted by Gasteiger charge is -1.96. The van der Waals surface area contributed by atoms with Crippen LogP contribution in [0.15, 0.2) is 47.4 Å². The van der Waals surface area contributed by atoms with Crippen LogP contribution in [0.5, 0.6) is 0 Å². The predicted molar refractivity (Wildman–Crippen MR) is 74.5 cm³/mol. The van der Waals surface area contributed by atoms with Gasteiger partial charge in [0.25, 0.3) is 11.2 Å². The van der Waals surface area contributed by atoms with E-state index in [1.807, 2.05) is 6.07 Å². The molecular weight excluding hydrogens is 264 g/mol. The highest BCUT2D eigenvalue weighted by Gasteiger charge is 2.09. The Balaban J connectivity index is 2.11. The molecule has 0 fully saturated rings. The summed E-state index contributed by atoms with van der Waals surface area (Å²) in [7, 11) is 0. The van der Waals surface area contributed by atoms with Crippen LogP contribution >= 0.6 is 11.3 Å². The Bertz CT molecular complexity index is 818. The van der Waals surface area contributed by atoms with Gasteiger partial charge in [0, 0.05) is 27.9 Å². The van der Waals surface area contributed by atoms with E-state index in [1.54, 1.807) is 24.4 Å². The van der Waals surface area contributed by atoms with Gasteiger partial charge in [-0.2, -0.15) is 0 Å². The average molecular weight is 272 g/mol. The average Bonchev–Trinajstić information content (AvgIpc) is 2.84. The van der Waals surface area contributed by atoms with Crippen LogP contribution in [-0.4, -0.2) is 9.91 Å². The summed E-state index contributed by atoms with van der Waals surface area (Å²) in [5.41, 5.74) is 0.802. The third kappa shape index (κ3) is 2.02. The molecule has 3 aromatic rings. The zero-order valence-electron chi connectivity index (χ0n) is 9.62. The quantitative estimate of drug-likeness (QED) is 0.575. The first kappa shape index (κ1) is 11.6. The number of nitrogens with one attached hydrogen (secondary N) is 1. The molecule has 0 atom stereocenters. The van der Waals surface area contributed by atoms with Gasteiger partial charge in [-0.05, 0) is 29.8 Å². The number of non-ortho nitro benzene ring substituents is 1. The molecule has 6 heteroatoms. The minimum atomic E-state index is -0.431. The number of aromatic nitrogens is 1. The monoisotopic (exact) mass is 272 g/mol. The van der Waals surface area contributed by atoms with Crippen LogP contribution in [0.3, 0.4) is 0 Å². The molecule has 0 aliphatic heterocycles. The molecule has 0 aliphatic carbocycles.